The lowest BCUT2D eigenvalue weighted by Crippen LogP contribution is -2.25. The molecule has 0 aromatic rings. The molecule has 0 heterocycles. The predicted molar refractivity (Wildman–Crippen MR) is 63.6 cm³/mol. The van der Waals surface area contributed by atoms with Crippen molar-refractivity contribution in [3.8, 4) is 0 Å². The zero-order valence-corrected chi connectivity index (χ0v) is 10.1. The molecule has 0 radical (unpaired) electrons. The van der Waals surface area contributed by atoms with E-state index in [1.807, 2.05) is 0 Å². The Labute approximate surface area is 89.2 Å². The van der Waals surface area contributed by atoms with E-state index in [2.05, 4.69) is 25.7 Å². The number of hydrogen-bond acceptors (Lipinski definition) is 1. The van der Waals surface area contributed by atoms with Crippen molar-refractivity contribution in [2.75, 3.05) is 19.6 Å². The van der Waals surface area contributed by atoms with E-state index in [0.717, 1.165) is 0 Å². The van der Waals surface area contributed by atoms with Gasteiger partial charge in [-0.3, -0.25) is 4.90 Å². The van der Waals surface area contributed by atoms with Gasteiger partial charge in [-0.2, -0.15) is 0 Å². The molecule has 0 unspecified atom stereocenters. The summed E-state index contributed by atoms with van der Waals surface area (Å²) >= 11 is 0. The highest BCUT2D eigenvalue weighted by molar-refractivity contribution is 5.15. The van der Waals surface area contributed by atoms with Crippen molar-refractivity contribution in [2.45, 2.75) is 52.9 Å². The van der Waals surface area contributed by atoms with Gasteiger partial charge in [0.2, 0.25) is 0 Å². The summed E-state index contributed by atoms with van der Waals surface area (Å²) in [5.74, 6) is 0. The summed E-state index contributed by atoms with van der Waals surface area (Å²) < 4.78 is 0. The summed E-state index contributed by atoms with van der Waals surface area (Å²) in [4.78, 5) is 2.51. The maximum atomic E-state index is 2.51. The normalized spacial score (nSPS) is 17.6. The number of rotatable bonds is 4. The molecule has 0 aromatic carbocycles. The third kappa shape index (κ3) is 3.45. The predicted octanol–water partition coefficient (Wildman–Crippen LogP) is 3.61. The topological polar surface area (TPSA) is 3.24 Å². The van der Waals surface area contributed by atoms with E-state index < -0.39 is 0 Å². The number of likely N-dealkylation sites (N-methyl/N-ethyl adjacent to an activating group) is 1. The first-order valence-electron chi connectivity index (χ1n) is 6.17. The van der Waals surface area contributed by atoms with Crippen LogP contribution in [0.25, 0.3) is 0 Å². The van der Waals surface area contributed by atoms with Crippen molar-refractivity contribution >= 4 is 0 Å². The number of hydrogen-bond donors (Lipinski definition) is 0. The molecule has 0 saturated heterocycles. The van der Waals surface area contributed by atoms with Crippen LogP contribution in [0.3, 0.4) is 0 Å². The first-order chi connectivity index (χ1) is 6.77. The second-order valence-corrected chi connectivity index (χ2v) is 4.41. The lowest BCUT2D eigenvalue weighted by molar-refractivity contribution is 0.327. The molecule has 1 saturated carbocycles. The summed E-state index contributed by atoms with van der Waals surface area (Å²) in [6.45, 7) is 10.4. The van der Waals surface area contributed by atoms with Crippen LogP contribution in [0.4, 0.5) is 0 Å². The molecule has 0 amide bonds. The molecule has 1 heteroatoms. The zero-order chi connectivity index (χ0) is 10.4. The minimum atomic E-state index is 1.18. The number of allylic oxidation sites excluding steroid dienone is 1. The maximum absolute atomic E-state index is 2.51. The second kappa shape index (κ2) is 6.23. The van der Waals surface area contributed by atoms with Crippen LogP contribution in [0.1, 0.15) is 52.9 Å². The third-order valence-corrected chi connectivity index (χ3v) is 3.42. The minimum Gasteiger partial charge on any atom is -0.300 e. The average molecular weight is 195 g/mol. The molecule has 82 valence electrons. The smallest absolute Gasteiger partial charge is 0.0192 e. The van der Waals surface area contributed by atoms with Crippen LogP contribution in [0.15, 0.2) is 11.1 Å². The van der Waals surface area contributed by atoms with E-state index in [0.29, 0.717) is 0 Å². The molecule has 14 heavy (non-hydrogen) atoms. The summed E-state index contributed by atoms with van der Waals surface area (Å²) in [5, 5.41) is 0. The monoisotopic (exact) mass is 195 g/mol. The molecule has 0 aliphatic heterocycles. The summed E-state index contributed by atoms with van der Waals surface area (Å²) in [5.41, 5.74) is 3.40. The van der Waals surface area contributed by atoms with E-state index in [1.54, 1.807) is 11.1 Å². The van der Waals surface area contributed by atoms with Crippen LogP contribution in [-0.2, 0) is 0 Å². The van der Waals surface area contributed by atoms with Gasteiger partial charge in [0.1, 0.15) is 0 Å². The highest BCUT2D eigenvalue weighted by Gasteiger charge is 2.09. The Bertz CT molecular complexity index is 181. The molecule has 1 aliphatic rings. The Hall–Kier alpha value is -0.300. The molecule has 1 aliphatic carbocycles. The molecule has 0 spiro atoms. The minimum absolute atomic E-state index is 1.18. The van der Waals surface area contributed by atoms with E-state index in [1.165, 1.54) is 51.7 Å². The van der Waals surface area contributed by atoms with E-state index in [-0.39, 0.29) is 0 Å². The fourth-order valence-electron chi connectivity index (χ4n) is 2.30. The van der Waals surface area contributed by atoms with Gasteiger partial charge >= 0.3 is 0 Å². The summed E-state index contributed by atoms with van der Waals surface area (Å²) in [6, 6.07) is 0. The summed E-state index contributed by atoms with van der Waals surface area (Å²) in [7, 11) is 0. The lowest BCUT2D eigenvalue weighted by atomic mass is 9.91. The Morgan fingerprint density at radius 3 is 2.14 bits per heavy atom. The first kappa shape index (κ1) is 11.8. The average Bonchev–Trinajstić information content (AvgIpc) is 2.26. The molecule has 1 fully saturated rings. The van der Waals surface area contributed by atoms with Crippen LogP contribution in [0.5, 0.6) is 0 Å². The molecular formula is C13H25N. The number of nitrogens with zero attached hydrogens (tertiary/aromatic N) is 1. The van der Waals surface area contributed by atoms with Crippen molar-refractivity contribution in [3.05, 3.63) is 11.1 Å². The van der Waals surface area contributed by atoms with Crippen molar-refractivity contribution in [2.24, 2.45) is 0 Å². The van der Waals surface area contributed by atoms with Crippen molar-refractivity contribution in [3.63, 3.8) is 0 Å². The second-order valence-electron chi connectivity index (χ2n) is 4.41. The highest BCUT2D eigenvalue weighted by atomic mass is 15.1. The Morgan fingerprint density at radius 2 is 1.64 bits per heavy atom. The van der Waals surface area contributed by atoms with Gasteiger partial charge in [0.05, 0.1) is 0 Å². The fraction of sp³-hybridized carbons (Fsp3) is 0.846. The van der Waals surface area contributed by atoms with Crippen LogP contribution < -0.4 is 0 Å². The van der Waals surface area contributed by atoms with Crippen LogP contribution in [-0.4, -0.2) is 24.5 Å². The molecule has 0 N–H and O–H groups in total. The summed E-state index contributed by atoms with van der Waals surface area (Å²) in [6.07, 6.45) is 7.03. The zero-order valence-electron chi connectivity index (χ0n) is 10.1. The standard InChI is InChI=1S/C13H25N/c1-4-14(5-2)11-12(3)13-9-7-6-8-10-13/h4-11H2,1-3H3. The van der Waals surface area contributed by atoms with Crippen LogP contribution >= 0.6 is 0 Å². The van der Waals surface area contributed by atoms with Gasteiger partial charge in [-0.25, -0.2) is 0 Å². The van der Waals surface area contributed by atoms with Gasteiger partial charge < -0.3 is 0 Å². The van der Waals surface area contributed by atoms with Crippen LogP contribution in [0.2, 0.25) is 0 Å². The molecule has 1 rings (SSSR count). The van der Waals surface area contributed by atoms with Gasteiger partial charge in [0, 0.05) is 6.54 Å². The Kier molecular flexibility index (Phi) is 5.24. The quantitative estimate of drug-likeness (QED) is 0.619. The van der Waals surface area contributed by atoms with E-state index in [4.69, 9.17) is 0 Å². The largest absolute Gasteiger partial charge is 0.300 e. The molecule has 1 nitrogen and oxygen atoms in total. The molecular weight excluding hydrogens is 170 g/mol. The van der Waals surface area contributed by atoms with Gasteiger partial charge in [-0.15, -0.1) is 0 Å². The maximum Gasteiger partial charge on any atom is 0.0192 e. The molecule has 0 bridgehead atoms. The van der Waals surface area contributed by atoms with Gasteiger partial charge in [-0.05, 0) is 45.7 Å². The Morgan fingerprint density at radius 1 is 1.07 bits per heavy atom. The molecule has 0 atom stereocenters. The Balaban J connectivity index is 2.48. The van der Waals surface area contributed by atoms with E-state index >= 15 is 0 Å². The third-order valence-electron chi connectivity index (χ3n) is 3.42. The van der Waals surface area contributed by atoms with Gasteiger partial charge in [0.25, 0.3) is 0 Å². The van der Waals surface area contributed by atoms with E-state index in [9.17, 15) is 0 Å². The first-order valence-corrected chi connectivity index (χ1v) is 6.17. The van der Waals surface area contributed by atoms with Crippen molar-refractivity contribution in [1.82, 2.24) is 4.90 Å². The molecule has 0 aromatic heterocycles. The van der Waals surface area contributed by atoms with Gasteiger partial charge in [-0.1, -0.05) is 31.4 Å². The highest BCUT2D eigenvalue weighted by Crippen LogP contribution is 2.25. The van der Waals surface area contributed by atoms with Crippen molar-refractivity contribution in [1.29, 1.82) is 0 Å². The SMILES string of the molecule is CCN(CC)CC(C)=C1CCCCC1. The van der Waals surface area contributed by atoms with Crippen LogP contribution in [0, 0.1) is 0 Å². The van der Waals surface area contributed by atoms with Gasteiger partial charge in [0.15, 0.2) is 0 Å². The van der Waals surface area contributed by atoms with Crippen molar-refractivity contribution < 1.29 is 0 Å². The lowest BCUT2D eigenvalue weighted by Gasteiger charge is -2.22. The fourth-order valence-corrected chi connectivity index (χ4v) is 2.30.